The fourth-order valence-electron chi connectivity index (χ4n) is 1.98. The number of hydrogen-bond donors (Lipinski definition) is 2. The molecule has 0 atom stereocenters. The van der Waals surface area contributed by atoms with E-state index in [9.17, 15) is 0 Å². The van der Waals surface area contributed by atoms with E-state index in [1.807, 2.05) is 0 Å². The van der Waals surface area contributed by atoms with Crippen LogP contribution < -0.4 is 11.1 Å². The van der Waals surface area contributed by atoms with E-state index in [1.54, 1.807) is 12.4 Å². The fraction of sp³-hybridized carbons (Fsp3) is 0.636. The Bertz CT molecular complexity index is 333. The Labute approximate surface area is 90.3 Å². The molecular weight excluding hydrogens is 188 g/mol. The number of anilines is 2. The second-order valence-electron chi connectivity index (χ2n) is 4.39. The smallest absolute Gasteiger partial charge is 0.168 e. The van der Waals surface area contributed by atoms with Crippen LogP contribution in [0.15, 0.2) is 12.4 Å². The van der Waals surface area contributed by atoms with E-state index in [0.717, 1.165) is 12.4 Å². The molecule has 0 bridgehead atoms. The fourth-order valence-corrected chi connectivity index (χ4v) is 1.98. The third kappa shape index (κ3) is 2.37. The number of rotatable bonds is 5. The maximum Gasteiger partial charge on any atom is 0.168 e. The van der Waals surface area contributed by atoms with Gasteiger partial charge in [-0.2, -0.15) is 0 Å². The molecule has 1 aliphatic rings. The Hall–Kier alpha value is -1.32. The Kier molecular flexibility index (Phi) is 2.75. The van der Waals surface area contributed by atoms with Gasteiger partial charge >= 0.3 is 0 Å². The maximum absolute atomic E-state index is 5.71. The molecule has 0 amide bonds. The van der Waals surface area contributed by atoms with E-state index < -0.39 is 0 Å². The predicted molar refractivity (Wildman–Crippen MR) is 61.5 cm³/mol. The van der Waals surface area contributed by atoms with Crippen molar-refractivity contribution < 1.29 is 0 Å². The third-order valence-corrected chi connectivity index (χ3v) is 3.09. The van der Waals surface area contributed by atoms with Crippen molar-refractivity contribution in [2.45, 2.75) is 32.6 Å². The second-order valence-corrected chi connectivity index (χ2v) is 4.39. The monoisotopic (exact) mass is 206 g/mol. The molecule has 0 radical (unpaired) electrons. The minimum absolute atomic E-state index is 0.491. The van der Waals surface area contributed by atoms with Crippen molar-refractivity contribution in [3.05, 3.63) is 12.4 Å². The largest absolute Gasteiger partial charge is 0.381 e. The number of nitrogen functional groups attached to an aromatic ring is 1. The second kappa shape index (κ2) is 4.04. The minimum atomic E-state index is 0.491. The average Bonchev–Trinajstić information content (AvgIpc) is 2.98. The number of nitrogens with one attached hydrogen (secondary N) is 1. The Balaban J connectivity index is 1.91. The van der Waals surface area contributed by atoms with E-state index in [2.05, 4.69) is 22.2 Å². The Morgan fingerprint density at radius 1 is 1.40 bits per heavy atom. The van der Waals surface area contributed by atoms with Crippen molar-refractivity contribution in [3.63, 3.8) is 0 Å². The van der Waals surface area contributed by atoms with E-state index >= 15 is 0 Å². The summed E-state index contributed by atoms with van der Waals surface area (Å²) in [4.78, 5) is 8.17. The van der Waals surface area contributed by atoms with Gasteiger partial charge in [0.15, 0.2) is 11.6 Å². The summed E-state index contributed by atoms with van der Waals surface area (Å²) in [6.07, 6.45) is 8.47. The van der Waals surface area contributed by atoms with Crippen molar-refractivity contribution in [1.82, 2.24) is 9.97 Å². The summed E-state index contributed by atoms with van der Waals surface area (Å²) in [6.45, 7) is 3.21. The van der Waals surface area contributed by atoms with Crippen LogP contribution in [0, 0.1) is 5.41 Å². The summed E-state index contributed by atoms with van der Waals surface area (Å²) >= 11 is 0. The van der Waals surface area contributed by atoms with Gasteiger partial charge in [0, 0.05) is 18.9 Å². The summed E-state index contributed by atoms with van der Waals surface area (Å²) in [5.74, 6) is 1.21. The van der Waals surface area contributed by atoms with Gasteiger partial charge < -0.3 is 11.1 Å². The van der Waals surface area contributed by atoms with Gasteiger partial charge in [0.1, 0.15) is 0 Å². The van der Waals surface area contributed by atoms with Gasteiger partial charge in [0.05, 0.1) is 0 Å². The zero-order valence-corrected chi connectivity index (χ0v) is 9.16. The lowest BCUT2D eigenvalue weighted by Gasteiger charge is -2.15. The third-order valence-electron chi connectivity index (χ3n) is 3.09. The van der Waals surface area contributed by atoms with Crippen LogP contribution in [0.2, 0.25) is 0 Å². The highest BCUT2D eigenvalue weighted by atomic mass is 15.1. The molecule has 0 aliphatic heterocycles. The SMILES string of the molecule is CCCC1(CNc2nccnc2N)CC1. The number of hydrogen-bond acceptors (Lipinski definition) is 4. The summed E-state index contributed by atoms with van der Waals surface area (Å²) in [5.41, 5.74) is 6.22. The average molecular weight is 206 g/mol. The molecule has 82 valence electrons. The molecule has 0 spiro atoms. The molecule has 1 aromatic rings. The van der Waals surface area contributed by atoms with Crippen molar-refractivity contribution >= 4 is 11.6 Å². The van der Waals surface area contributed by atoms with Gasteiger partial charge in [-0.15, -0.1) is 0 Å². The van der Waals surface area contributed by atoms with E-state index in [-0.39, 0.29) is 0 Å². The molecule has 4 nitrogen and oxygen atoms in total. The van der Waals surface area contributed by atoms with Gasteiger partial charge in [0.25, 0.3) is 0 Å². The quantitative estimate of drug-likeness (QED) is 0.774. The van der Waals surface area contributed by atoms with Crippen molar-refractivity contribution in [3.8, 4) is 0 Å². The lowest BCUT2D eigenvalue weighted by atomic mass is 10.0. The summed E-state index contributed by atoms with van der Waals surface area (Å²) < 4.78 is 0. The molecule has 0 unspecified atom stereocenters. The first-order chi connectivity index (χ1) is 7.26. The normalized spacial score (nSPS) is 17.4. The highest BCUT2D eigenvalue weighted by Crippen LogP contribution is 2.49. The van der Waals surface area contributed by atoms with Crippen molar-refractivity contribution in [1.29, 1.82) is 0 Å². The van der Waals surface area contributed by atoms with Crippen molar-refractivity contribution in [2.24, 2.45) is 5.41 Å². The highest BCUT2D eigenvalue weighted by molar-refractivity contribution is 5.55. The lowest BCUT2D eigenvalue weighted by Crippen LogP contribution is -2.17. The molecule has 0 saturated heterocycles. The molecule has 1 saturated carbocycles. The Morgan fingerprint density at radius 2 is 2.13 bits per heavy atom. The molecule has 15 heavy (non-hydrogen) atoms. The summed E-state index contributed by atoms with van der Waals surface area (Å²) in [5, 5.41) is 3.30. The predicted octanol–water partition coefficient (Wildman–Crippen LogP) is 2.05. The summed E-state index contributed by atoms with van der Waals surface area (Å²) in [6, 6.07) is 0. The zero-order chi connectivity index (χ0) is 10.7. The highest BCUT2D eigenvalue weighted by Gasteiger charge is 2.41. The molecular formula is C11H18N4. The van der Waals surface area contributed by atoms with Crippen LogP contribution in [-0.2, 0) is 0 Å². The first-order valence-electron chi connectivity index (χ1n) is 5.56. The maximum atomic E-state index is 5.71. The molecule has 0 aromatic carbocycles. The summed E-state index contributed by atoms with van der Waals surface area (Å²) in [7, 11) is 0. The van der Waals surface area contributed by atoms with Crippen LogP contribution in [0.1, 0.15) is 32.6 Å². The molecule has 2 rings (SSSR count). The van der Waals surface area contributed by atoms with Gasteiger partial charge in [-0.3, -0.25) is 0 Å². The first-order valence-corrected chi connectivity index (χ1v) is 5.56. The number of aromatic nitrogens is 2. The van der Waals surface area contributed by atoms with Gasteiger partial charge in [0.2, 0.25) is 0 Å². The van der Waals surface area contributed by atoms with Crippen LogP contribution in [0.3, 0.4) is 0 Å². The van der Waals surface area contributed by atoms with E-state index in [4.69, 9.17) is 5.73 Å². The van der Waals surface area contributed by atoms with Gasteiger partial charge in [-0.05, 0) is 24.7 Å². The van der Waals surface area contributed by atoms with E-state index in [0.29, 0.717) is 11.2 Å². The Morgan fingerprint density at radius 3 is 2.73 bits per heavy atom. The standard InChI is InChI=1S/C11H18N4/c1-2-3-11(4-5-11)8-15-10-9(12)13-6-7-14-10/h6-7H,2-5,8H2,1H3,(H2,12,13)(H,14,15). The molecule has 1 aromatic heterocycles. The van der Waals surface area contributed by atoms with E-state index in [1.165, 1.54) is 25.7 Å². The van der Waals surface area contributed by atoms with Crippen LogP contribution in [0.25, 0.3) is 0 Å². The number of nitrogens with two attached hydrogens (primary N) is 1. The van der Waals surface area contributed by atoms with Crippen LogP contribution in [0.5, 0.6) is 0 Å². The van der Waals surface area contributed by atoms with Crippen LogP contribution in [-0.4, -0.2) is 16.5 Å². The first kappa shape index (κ1) is 10.2. The molecule has 1 fully saturated rings. The molecule has 3 N–H and O–H groups in total. The lowest BCUT2D eigenvalue weighted by molar-refractivity contribution is 0.485. The topological polar surface area (TPSA) is 63.8 Å². The van der Waals surface area contributed by atoms with Crippen LogP contribution >= 0.6 is 0 Å². The minimum Gasteiger partial charge on any atom is -0.381 e. The molecule has 4 heteroatoms. The number of nitrogens with zero attached hydrogens (tertiary/aromatic N) is 2. The molecule has 1 heterocycles. The van der Waals surface area contributed by atoms with Crippen LogP contribution in [0.4, 0.5) is 11.6 Å². The molecule has 1 aliphatic carbocycles. The zero-order valence-electron chi connectivity index (χ0n) is 9.16. The van der Waals surface area contributed by atoms with Crippen molar-refractivity contribution in [2.75, 3.05) is 17.6 Å². The van der Waals surface area contributed by atoms with Gasteiger partial charge in [-0.1, -0.05) is 13.3 Å². The van der Waals surface area contributed by atoms with Gasteiger partial charge in [-0.25, -0.2) is 9.97 Å².